The van der Waals surface area contributed by atoms with Gasteiger partial charge in [-0.1, -0.05) is 45.7 Å². The van der Waals surface area contributed by atoms with E-state index in [4.69, 9.17) is 16.6 Å². The van der Waals surface area contributed by atoms with Gasteiger partial charge in [0.25, 0.3) is 0 Å². The number of rotatable bonds is 1. The third-order valence-corrected chi connectivity index (χ3v) is 4.71. The molecule has 0 aliphatic heterocycles. The van der Waals surface area contributed by atoms with E-state index in [0.29, 0.717) is 0 Å². The minimum Gasteiger partial charge on any atom is -0.353 e. The van der Waals surface area contributed by atoms with Crippen molar-refractivity contribution in [2.24, 2.45) is 0 Å². The summed E-state index contributed by atoms with van der Waals surface area (Å²) in [5.41, 5.74) is 6.14. The lowest BCUT2D eigenvalue weighted by molar-refractivity contribution is 1.26. The van der Waals surface area contributed by atoms with Gasteiger partial charge in [0.2, 0.25) is 0 Å². The molecule has 0 saturated heterocycles. The van der Waals surface area contributed by atoms with Gasteiger partial charge in [-0.3, -0.25) is 4.98 Å². The van der Waals surface area contributed by atoms with Crippen molar-refractivity contribution in [3.63, 3.8) is 0 Å². The summed E-state index contributed by atoms with van der Waals surface area (Å²) in [6.07, 6.45) is 0. The standard InChI is InChI=1S/C18H12BrClN2/c1-10-14(12-4-2-3-5-15(12)20)9-17-18(21-10)13-7-6-11(19)8-16(13)22-17/h2-9,22H,1H3. The Morgan fingerprint density at radius 3 is 2.64 bits per heavy atom. The van der Waals surface area contributed by atoms with Gasteiger partial charge in [0.1, 0.15) is 0 Å². The average Bonchev–Trinajstić information content (AvgIpc) is 2.83. The Labute approximate surface area is 141 Å². The van der Waals surface area contributed by atoms with Crippen molar-refractivity contribution < 1.29 is 0 Å². The van der Waals surface area contributed by atoms with E-state index in [1.807, 2.05) is 37.3 Å². The molecule has 2 aromatic heterocycles. The summed E-state index contributed by atoms with van der Waals surface area (Å²) >= 11 is 9.84. The first-order valence-electron chi connectivity index (χ1n) is 6.97. The smallest absolute Gasteiger partial charge is 0.0961 e. The monoisotopic (exact) mass is 370 g/mol. The summed E-state index contributed by atoms with van der Waals surface area (Å²) < 4.78 is 1.05. The zero-order valence-electron chi connectivity index (χ0n) is 11.8. The van der Waals surface area contributed by atoms with Gasteiger partial charge >= 0.3 is 0 Å². The lowest BCUT2D eigenvalue weighted by Gasteiger charge is -2.07. The van der Waals surface area contributed by atoms with Crippen molar-refractivity contribution in [3.05, 3.63) is 63.7 Å². The van der Waals surface area contributed by atoms with Crippen LogP contribution in [0.15, 0.2) is 53.0 Å². The van der Waals surface area contributed by atoms with E-state index in [9.17, 15) is 0 Å². The van der Waals surface area contributed by atoms with E-state index in [1.54, 1.807) is 0 Å². The number of aromatic amines is 1. The Bertz CT molecular complexity index is 1020. The molecule has 0 radical (unpaired) electrons. The number of hydrogen-bond donors (Lipinski definition) is 1. The van der Waals surface area contributed by atoms with Crippen LogP contribution in [-0.4, -0.2) is 9.97 Å². The van der Waals surface area contributed by atoms with E-state index < -0.39 is 0 Å². The van der Waals surface area contributed by atoms with Crippen LogP contribution in [0.2, 0.25) is 5.02 Å². The lowest BCUT2D eigenvalue weighted by atomic mass is 10.0. The summed E-state index contributed by atoms with van der Waals surface area (Å²) in [6, 6.07) is 16.2. The Balaban J connectivity index is 2.04. The summed E-state index contributed by atoms with van der Waals surface area (Å²) in [7, 11) is 0. The number of benzene rings is 2. The van der Waals surface area contributed by atoms with E-state index in [-0.39, 0.29) is 0 Å². The van der Waals surface area contributed by atoms with Crippen LogP contribution in [-0.2, 0) is 0 Å². The van der Waals surface area contributed by atoms with Crippen LogP contribution in [0.25, 0.3) is 33.1 Å². The zero-order valence-corrected chi connectivity index (χ0v) is 14.2. The van der Waals surface area contributed by atoms with E-state index in [1.165, 1.54) is 0 Å². The molecule has 4 rings (SSSR count). The number of nitrogens with one attached hydrogen (secondary N) is 1. The van der Waals surface area contributed by atoms with Gasteiger partial charge in [-0.2, -0.15) is 0 Å². The van der Waals surface area contributed by atoms with Crippen LogP contribution in [0.5, 0.6) is 0 Å². The molecule has 2 aromatic carbocycles. The molecule has 4 heteroatoms. The van der Waals surface area contributed by atoms with Crippen LogP contribution in [0.3, 0.4) is 0 Å². The Hall–Kier alpha value is -1.84. The lowest BCUT2D eigenvalue weighted by Crippen LogP contribution is -1.89. The zero-order chi connectivity index (χ0) is 15.3. The van der Waals surface area contributed by atoms with Crippen LogP contribution in [0, 0.1) is 6.92 Å². The normalized spacial score (nSPS) is 11.4. The number of fused-ring (bicyclic) bond motifs is 3. The molecule has 1 N–H and O–H groups in total. The molecule has 0 fully saturated rings. The second-order valence-electron chi connectivity index (χ2n) is 5.31. The van der Waals surface area contributed by atoms with Gasteiger partial charge in [-0.15, -0.1) is 0 Å². The highest BCUT2D eigenvalue weighted by Gasteiger charge is 2.12. The fraction of sp³-hybridized carbons (Fsp3) is 0.0556. The van der Waals surface area contributed by atoms with Gasteiger partial charge < -0.3 is 4.98 Å². The summed E-state index contributed by atoms with van der Waals surface area (Å²) in [4.78, 5) is 8.25. The highest BCUT2D eigenvalue weighted by atomic mass is 79.9. The topological polar surface area (TPSA) is 28.7 Å². The molecule has 0 unspecified atom stereocenters. The SMILES string of the molecule is Cc1nc2c(cc1-c1ccccc1Cl)[nH]c1cc(Br)ccc12. The van der Waals surface area contributed by atoms with E-state index in [2.05, 4.69) is 39.1 Å². The van der Waals surface area contributed by atoms with Crippen molar-refractivity contribution in [1.82, 2.24) is 9.97 Å². The highest BCUT2D eigenvalue weighted by molar-refractivity contribution is 9.10. The Morgan fingerprint density at radius 1 is 1.00 bits per heavy atom. The maximum atomic E-state index is 6.34. The largest absolute Gasteiger partial charge is 0.353 e. The number of aryl methyl sites for hydroxylation is 1. The molecule has 22 heavy (non-hydrogen) atoms. The predicted octanol–water partition coefficient (Wildman–Crippen LogP) is 6.11. The van der Waals surface area contributed by atoms with Crippen LogP contribution >= 0.6 is 27.5 Å². The molecular weight excluding hydrogens is 360 g/mol. The molecule has 108 valence electrons. The molecule has 0 bridgehead atoms. The van der Waals surface area contributed by atoms with Gasteiger partial charge in [0, 0.05) is 37.2 Å². The van der Waals surface area contributed by atoms with Crippen molar-refractivity contribution >= 4 is 49.5 Å². The molecule has 2 heterocycles. The number of nitrogens with zero attached hydrogens (tertiary/aromatic N) is 1. The first-order chi connectivity index (χ1) is 10.6. The maximum absolute atomic E-state index is 6.34. The molecule has 4 aromatic rings. The fourth-order valence-corrected chi connectivity index (χ4v) is 3.43. The molecule has 0 amide bonds. The molecule has 0 atom stereocenters. The third-order valence-electron chi connectivity index (χ3n) is 3.88. The Morgan fingerprint density at radius 2 is 1.82 bits per heavy atom. The van der Waals surface area contributed by atoms with Crippen molar-refractivity contribution in [2.45, 2.75) is 6.92 Å². The van der Waals surface area contributed by atoms with E-state index >= 15 is 0 Å². The van der Waals surface area contributed by atoms with Gasteiger partial charge in [-0.25, -0.2) is 0 Å². The molecule has 0 aliphatic carbocycles. The van der Waals surface area contributed by atoms with Crippen molar-refractivity contribution in [3.8, 4) is 11.1 Å². The van der Waals surface area contributed by atoms with Gasteiger partial charge in [0.05, 0.1) is 11.0 Å². The number of pyridine rings is 1. The number of aromatic nitrogens is 2. The van der Waals surface area contributed by atoms with Crippen molar-refractivity contribution in [2.75, 3.05) is 0 Å². The van der Waals surface area contributed by atoms with Crippen LogP contribution in [0.1, 0.15) is 5.69 Å². The minimum absolute atomic E-state index is 0.741. The molecule has 0 aliphatic rings. The predicted molar refractivity (Wildman–Crippen MR) is 96.5 cm³/mol. The fourth-order valence-electron chi connectivity index (χ4n) is 2.83. The first kappa shape index (κ1) is 13.8. The van der Waals surface area contributed by atoms with Crippen LogP contribution < -0.4 is 0 Å². The number of hydrogen-bond acceptors (Lipinski definition) is 1. The summed E-state index contributed by atoms with van der Waals surface area (Å²) in [6.45, 7) is 2.02. The maximum Gasteiger partial charge on any atom is 0.0961 e. The van der Waals surface area contributed by atoms with Gasteiger partial charge in [-0.05, 0) is 37.3 Å². The number of H-pyrrole nitrogens is 1. The Kier molecular flexibility index (Phi) is 3.21. The van der Waals surface area contributed by atoms with Gasteiger partial charge in [0.15, 0.2) is 0 Å². The molecular formula is C18H12BrClN2. The average molecular weight is 372 g/mol. The van der Waals surface area contributed by atoms with Crippen molar-refractivity contribution in [1.29, 1.82) is 0 Å². The highest BCUT2D eigenvalue weighted by Crippen LogP contribution is 2.34. The van der Waals surface area contributed by atoms with E-state index in [0.717, 1.165) is 48.3 Å². The molecule has 0 spiro atoms. The summed E-state index contributed by atoms with van der Waals surface area (Å²) in [5.74, 6) is 0. The number of halogens is 2. The second kappa shape index (κ2) is 5.11. The molecule has 2 nitrogen and oxygen atoms in total. The summed E-state index contributed by atoms with van der Waals surface area (Å²) in [5, 5.41) is 1.87. The minimum atomic E-state index is 0.741. The molecule has 0 saturated carbocycles. The second-order valence-corrected chi connectivity index (χ2v) is 6.64. The quantitative estimate of drug-likeness (QED) is 0.430. The third kappa shape index (κ3) is 2.13. The van der Waals surface area contributed by atoms with Crippen LogP contribution in [0.4, 0.5) is 0 Å². The first-order valence-corrected chi connectivity index (χ1v) is 8.14.